The average Bonchev–Trinajstić information content (AvgIpc) is 3.31. The van der Waals surface area contributed by atoms with Gasteiger partial charge in [-0.25, -0.2) is 9.59 Å². The number of hydrogen-bond acceptors (Lipinski definition) is 7. The normalized spacial score (nSPS) is 10.8. The Morgan fingerprint density at radius 3 is 2.26 bits per heavy atom. The zero-order valence-electron chi connectivity index (χ0n) is 18.7. The minimum atomic E-state index is -0.653. The first-order valence-electron chi connectivity index (χ1n) is 10.5. The van der Waals surface area contributed by atoms with Crippen LogP contribution in [0, 0.1) is 11.3 Å². The Bertz CT molecular complexity index is 1260. The van der Waals surface area contributed by atoms with Gasteiger partial charge in [-0.05, 0) is 56.3 Å². The molecular formula is C26H22N2O6. The lowest BCUT2D eigenvalue weighted by molar-refractivity contribution is -0.112. The van der Waals surface area contributed by atoms with E-state index in [1.165, 1.54) is 12.1 Å². The van der Waals surface area contributed by atoms with Crippen LogP contribution < -0.4 is 5.32 Å². The molecule has 8 heteroatoms. The summed E-state index contributed by atoms with van der Waals surface area (Å²) in [5.41, 5.74) is 1.59. The Balaban J connectivity index is 1.73. The van der Waals surface area contributed by atoms with Crippen molar-refractivity contribution < 1.29 is 28.3 Å². The van der Waals surface area contributed by atoms with Crippen molar-refractivity contribution in [3.8, 4) is 17.4 Å². The highest BCUT2D eigenvalue weighted by Crippen LogP contribution is 2.24. The largest absolute Gasteiger partial charge is 0.462 e. The Morgan fingerprint density at radius 2 is 1.62 bits per heavy atom. The quantitative estimate of drug-likeness (QED) is 0.291. The zero-order chi connectivity index (χ0) is 24.5. The van der Waals surface area contributed by atoms with Gasteiger partial charge in [0, 0.05) is 17.3 Å². The van der Waals surface area contributed by atoms with Gasteiger partial charge in [-0.2, -0.15) is 5.26 Å². The Kier molecular flexibility index (Phi) is 7.97. The number of carbonyl (C=O) groups is 3. The van der Waals surface area contributed by atoms with E-state index in [4.69, 9.17) is 13.9 Å². The van der Waals surface area contributed by atoms with Gasteiger partial charge < -0.3 is 19.2 Å². The summed E-state index contributed by atoms with van der Waals surface area (Å²) in [6, 6.07) is 18.1. The van der Waals surface area contributed by atoms with Crippen molar-refractivity contribution in [1.29, 1.82) is 5.26 Å². The number of carbonyl (C=O) groups excluding carboxylic acids is 3. The van der Waals surface area contributed by atoms with Crippen LogP contribution >= 0.6 is 0 Å². The fraction of sp³-hybridized carbons (Fsp3) is 0.154. The fourth-order valence-corrected chi connectivity index (χ4v) is 3.00. The second-order valence-corrected chi connectivity index (χ2v) is 6.93. The number of esters is 2. The van der Waals surface area contributed by atoms with Crippen LogP contribution in [-0.2, 0) is 14.3 Å². The van der Waals surface area contributed by atoms with Gasteiger partial charge in [-0.1, -0.05) is 18.2 Å². The van der Waals surface area contributed by atoms with Crippen LogP contribution in [0.25, 0.3) is 17.4 Å². The fourth-order valence-electron chi connectivity index (χ4n) is 3.00. The molecule has 1 amide bonds. The van der Waals surface area contributed by atoms with E-state index in [0.717, 1.165) is 0 Å². The molecular weight excluding hydrogens is 436 g/mol. The molecule has 1 aromatic heterocycles. The number of amides is 1. The molecule has 1 heterocycles. The lowest BCUT2D eigenvalue weighted by Gasteiger charge is -2.06. The van der Waals surface area contributed by atoms with Crippen LogP contribution in [0.15, 0.2) is 70.7 Å². The van der Waals surface area contributed by atoms with E-state index >= 15 is 0 Å². The Labute approximate surface area is 196 Å². The summed E-state index contributed by atoms with van der Waals surface area (Å²) in [5.74, 6) is -0.763. The van der Waals surface area contributed by atoms with Crippen molar-refractivity contribution in [1.82, 2.24) is 0 Å². The molecule has 1 N–H and O–H groups in total. The average molecular weight is 458 g/mol. The lowest BCUT2D eigenvalue weighted by Crippen LogP contribution is -2.14. The number of nitrogens with zero attached hydrogens (tertiary/aromatic N) is 1. The Morgan fingerprint density at radius 1 is 0.941 bits per heavy atom. The Hall–Kier alpha value is -4.64. The van der Waals surface area contributed by atoms with E-state index in [2.05, 4.69) is 5.32 Å². The number of nitriles is 1. The van der Waals surface area contributed by atoms with Crippen LogP contribution in [0.1, 0.15) is 40.3 Å². The number of benzene rings is 2. The molecule has 0 spiro atoms. The first-order chi connectivity index (χ1) is 16.4. The molecule has 0 atom stereocenters. The SMILES string of the molecule is CCOC(=O)c1ccc(-c2ccc(C=C(C#N)C(=O)Nc3cccc(C(=O)OCC)c3)o2)cc1. The summed E-state index contributed by atoms with van der Waals surface area (Å²) >= 11 is 0. The van der Waals surface area contributed by atoms with Gasteiger partial charge in [0.1, 0.15) is 23.2 Å². The van der Waals surface area contributed by atoms with Crippen molar-refractivity contribution in [3.05, 3.63) is 83.1 Å². The van der Waals surface area contributed by atoms with Crippen molar-refractivity contribution >= 4 is 29.6 Å². The molecule has 0 saturated heterocycles. The summed E-state index contributed by atoms with van der Waals surface area (Å²) in [6.45, 7) is 3.96. The van der Waals surface area contributed by atoms with Gasteiger partial charge in [0.25, 0.3) is 5.91 Å². The van der Waals surface area contributed by atoms with E-state index in [9.17, 15) is 19.6 Å². The topological polar surface area (TPSA) is 119 Å². The summed E-state index contributed by atoms with van der Waals surface area (Å²) in [6.07, 6.45) is 1.32. The second kappa shape index (κ2) is 11.3. The number of nitrogens with one attached hydrogen (secondary N) is 1. The van der Waals surface area contributed by atoms with E-state index in [1.807, 2.05) is 6.07 Å². The van der Waals surface area contributed by atoms with E-state index < -0.39 is 17.8 Å². The number of rotatable bonds is 8. The van der Waals surface area contributed by atoms with E-state index in [-0.39, 0.29) is 17.7 Å². The maximum atomic E-state index is 12.6. The highest BCUT2D eigenvalue weighted by atomic mass is 16.5. The predicted octanol–water partition coefficient (Wildman–Crippen LogP) is 4.85. The molecule has 0 radical (unpaired) electrons. The maximum absolute atomic E-state index is 12.6. The third-order valence-corrected chi connectivity index (χ3v) is 4.59. The lowest BCUT2D eigenvalue weighted by atomic mass is 10.1. The summed E-state index contributed by atoms with van der Waals surface area (Å²) < 4.78 is 15.7. The molecule has 2 aromatic carbocycles. The van der Waals surface area contributed by atoms with Gasteiger partial charge in [-0.15, -0.1) is 0 Å². The molecule has 0 unspecified atom stereocenters. The first-order valence-corrected chi connectivity index (χ1v) is 10.5. The molecule has 0 bridgehead atoms. The molecule has 3 aromatic rings. The van der Waals surface area contributed by atoms with Gasteiger partial charge in [0.15, 0.2) is 0 Å². The first kappa shape index (κ1) is 24.0. The van der Waals surface area contributed by atoms with E-state index in [1.54, 1.807) is 68.4 Å². The van der Waals surface area contributed by atoms with Crippen molar-refractivity contribution in [2.24, 2.45) is 0 Å². The minimum absolute atomic E-state index is 0.180. The third kappa shape index (κ3) is 5.99. The summed E-state index contributed by atoms with van der Waals surface area (Å²) in [4.78, 5) is 36.2. The van der Waals surface area contributed by atoms with Crippen LogP contribution in [0.4, 0.5) is 5.69 Å². The number of anilines is 1. The highest BCUT2D eigenvalue weighted by molar-refractivity contribution is 6.09. The van der Waals surface area contributed by atoms with Crippen molar-refractivity contribution in [3.63, 3.8) is 0 Å². The van der Waals surface area contributed by atoms with Gasteiger partial charge in [-0.3, -0.25) is 4.79 Å². The summed E-state index contributed by atoms with van der Waals surface area (Å²) in [5, 5.41) is 12.1. The molecule has 0 aliphatic rings. The molecule has 0 saturated carbocycles. The minimum Gasteiger partial charge on any atom is -0.462 e. The molecule has 172 valence electrons. The van der Waals surface area contributed by atoms with Crippen molar-refractivity contribution in [2.45, 2.75) is 13.8 Å². The zero-order valence-corrected chi connectivity index (χ0v) is 18.7. The summed E-state index contributed by atoms with van der Waals surface area (Å²) in [7, 11) is 0. The smallest absolute Gasteiger partial charge is 0.338 e. The molecule has 0 fully saturated rings. The monoisotopic (exact) mass is 458 g/mol. The van der Waals surface area contributed by atoms with E-state index in [0.29, 0.717) is 34.9 Å². The van der Waals surface area contributed by atoms with Crippen LogP contribution in [-0.4, -0.2) is 31.1 Å². The maximum Gasteiger partial charge on any atom is 0.338 e. The molecule has 0 aliphatic heterocycles. The standard InChI is InChI=1S/C26H22N2O6/c1-3-32-25(30)18-10-8-17(9-11-18)23-13-12-22(34-23)15-20(16-27)24(29)28-21-7-5-6-19(14-21)26(31)33-4-2/h5-15H,3-4H2,1-2H3,(H,28,29). The van der Waals surface area contributed by atoms with Crippen LogP contribution in [0.5, 0.6) is 0 Å². The number of hydrogen-bond donors (Lipinski definition) is 1. The second-order valence-electron chi connectivity index (χ2n) is 6.93. The number of furan rings is 1. The van der Waals surface area contributed by atoms with Gasteiger partial charge in [0.2, 0.25) is 0 Å². The van der Waals surface area contributed by atoms with Crippen LogP contribution in [0.3, 0.4) is 0 Å². The molecule has 0 aliphatic carbocycles. The third-order valence-electron chi connectivity index (χ3n) is 4.59. The van der Waals surface area contributed by atoms with Crippen molar-refractivity contribution in [2.75, 3.05) is 18.5 Å². The molecule has 8 nitrogen and oxygen atoms in total. The highest BCUT2D eigenvalue weighted by Gasteiger charge is 2.14. The molecule has 3 rings (SSSR count). The predicted molar refractivity (Wildman–Crippen MR) is 125 cm³/mol. The van der Waals surface area contributed by atoms with Gasteiger partial charge in [0.05, 0.1) is 24.3 Å². The molecule has 34 heavy (non-hydrogen) atoms. The number of ether oxygens (including phenoxy) is 2. The van der Waals surface area contributed by atoms with Gasteiger partial charge >= 0.3 is 11.9 Å². The van der Waals surface area contributed by atoms with Crippen LogP contribution in [0.2, 0.25) is 0 Å².